The van der Waals surface area contributed by atoms with Crippen LogP contribution in [0.1, 0.15) is 61.3 Å². The number of carboxylic acid groups (broad SMARTS) is 1. The van der Waals surface area contributed by atoms with Crippen LogP contribution in [-0.4, -0.2) is 44.0 Å². The van der Waals surface area contributed by atoms with E-state index in [1.807, 2.05) is 20.8 Å². The van der Waals surface area contributed by atoms with Gasteiger partial charge in [0.2, 0.25) is 0 Å². The fourth-order valence-corrected chi connectivity index (χ4v) is 4.08. The van der Waals surface area contributed by atoms with Crippen LogP contribution in [0.5, 0.6) is 0 Å². The van der Waals surface area contributed by atoms with Gasteiger partial charge >= 0.3 is 5.97 Å². The highest BCUT2D eigenvalue weighted by Crippen LogP contribution is 2.38. The minimum Gasteiger partial charge on any atom is -0.481 e. The molecule has 0 saturated carbocycles. The van der Waals surface area contributed by atoms with E-state index in [-0.39, 0.29) is 23.2 Å². The predicted molar refractivity (Wildman–Crippen MR) is 102 cm³/mol. The summed E-state index contributed by atoms with van der Waals surface area (Å²) in [7, 11) is -1.73. The fraction of sp³-hybridized carbons (Fsp3) is 0.947. The van der Waals surface area contributed by atoms with Gasteiger partial charge in [0, 0.05) is 12.5 Å². The van der Waals surface area contributed by atoms with Crippen molar-refractivity contribution < 1.29 is 23.8 Å². The van der Waals surface area contributed by atoms with Crippen LogP contribution in [0.15, 0.2) is 0 Å². The standard InChI is InChI=1S/C19H38O5Si/c1-13-15(11-10-12-22-25(8,9)18(3,4)5)23-19(6,7)24-16(13)14(2)17(20)21/h13-16H,10-12H2,1-9H3,(H,20,21)/t13-,14+,15+,16+/m0/s1. The van der Waals surface area contributed by atoms with E-state index in [0.717, 1.165) is 19.4 Å². The van der Waals surface area contributed by atoms with Crippen LogP contribution in [0.4, 0.5) is 0 Å². The van der Waals surface area contributed by atoms with Gasteiger partial charge in [0.15, 0.2) is 14.1 Å². The van der Waals surface area contributed by atoms with E-state index in [9.17, 15) is 9.90 Å². The second-order valence-electron chi connectivity index (χ2n) is 9.38. The van der Waals surface area contributed by atoms with E-state index in [0.29, 0.717) is 0 Å². The molecule has 0 aromatic carbocycles. The highest BCUT2D eigenvalue weighted by molar-refractivity contribution is 6.74. The smallest absolute Gasteiger partial charge is 0.308 e. The Kier molecular flexibility index (Phi) is 7.30. The van der Waals surface area contributed by atoms with Gasteiger partial charge in [-0.2, -0.15) is 0 Å². The van der Waals surface area contributed by atoms with Gasteiger partial charge in [-0.25, -0.2) is 0 Å². The third-order valence-electron chi connectivity index (χ3n) is 5.74. The first-order valence-electron chi connectivity index (χ1n) is 9.40. The average molecular weight is 375 g/mol. The molecule has 0 aliphatic carbocycles. The molecule has 0 aromatic heterocycles. The molecule has 1 fully saturated rings. The SMILES string of the molecule is C[C@@H]1[C@H]([C@@H](C)C(=O)O)OC(C)(C)O[C@@H]1CCCO[Si](C)(C)C(C)(C)C. The monoisotopic (exact) mass is 374 g/mol. The summed E-state index contributed by atoms with van der Waals surface area (Å²) < 4.78 is 18.2. The molecule has 1 saturated heterocycles. The third kappa shape index (κ3) is 6.05. The van der Waals surface area contributed by atoms with Gasteiger partial charge in [-0.05, 0) is 51.7 Å². The summed E-state index contributed by atoms with van der Waals surface area (Å²) in [5, 5.41) is 9.56. The molecule has 25 heavy (non-hydrogen) atoms. The number of aliphatic carboxylic acids is 1. The maximum atomic E-state index is 11.4. The largest absolute Gasteiger partial charge is 0.481 e. The van der Waals surface area contributed by atoms with Gasteiger partial charge in [-0.1, -0.05) is 27.7 Å². The summed E-state index contributed by atoms with van der Waals surface area (Å²) in [6.07, 6.45) is 1.41. The summed E-state index contributed by atoms with van der Waals surface area (Å²) in [5.41, 5.74) is 0. The van der Waals surface area contributed by atoms with Gasteiger partial charge in [-0.15, -0.1) is 0 Å². The average Bonchev–Trinajstić information content (AvgIpc) is 2.44. The molecular formula is C19H38O5Si. The number of rotatable bonds is 7. The summed E-state index contributed by atoms with van der Waals surface area (Å²) in [6, 6.07) is 0. The van der Waals surface area contributed by atoms with Crippen LogP contribution < -0.4 is 0 Å². The van der Waals surface area contributed by atoms with Crippen molar-refractivity contribution in [2.24, 2.45) is 11.8 Å². The van der Waals surface area contributed by atoms with Gasteiger partial charge < -0.3 is 19.0 Å². The molecule has 5 nitrogen and oxygen atoms in total. The first-order chi connectivity index (χ1) is 11.2. The molecule has 1 rings (SSSR count). The van der Waals surface area contributed by atoms with Crippen LogP contribution in [0, 0.1) is 11.8 Å². The topological polar surface area (TPSA) is 65.0 Å². The van der Waals surface area contributed by atoms with Crippen molar-refractivity contribution in [1.82, 2.24) is 0 Å². The highest BCUT2D eigenvalue weighted by atomic mass is 28.4. The van der Waals surface area contributed by atoms with Gasteiger partial charge in [0.05, 0.1) is 18.1 Å². The lowest BCUT2D eigenvalue weighted by molar-refractivity contribution is -0.326. The molecule has 4 atom stereocenters. The summed E-state index contributed by atoms with van der Waals surface area (Å²) in [6.45, 7) is 19.4. The van der Waals surface area contributed by atoms with Crippen LogP contribution in [0.2, 0.25) is 18.1 Å². The van der Waals surface area contributed by atoms with Crippen LogP contribution in [-0.2, 0) is 18.7 Å². The van der Waals surface area contributed by atoms with E-state index in [1.54, 1.807) is 6.92 Å². The van der Waals surface area contributed by atoms with Crippen molar-refractivity contribution in [2.75, 3.05) is 6.61 Å². The van der Waals surface area contributed by atoms with Crippen molar-refractivity contribution in [3.63, 3.8) is 0 Å². The Labute approximate surface area is 154 Å². The zero-order valence-corrected chi connectivity index (χ0v) is 18.5. The normalized spacial score (nSPS) is 28.6. The minimum absolute atomic E-state index is 0.0152. The van der Waals surface area contributed by atoms with Crippen LogP contribution >= 0.6 is 0 Å². The molecule has 148 valence electrons. The van der Waals surface area contributed by atoms with Gasteiger partial charge in [0.1, 0.15) is 0 Å². The zero-order chi connectivity index (χ0) is 19.6. The second kappa shape index (κ2) is 8.07. The lowest BCUT2D eigenvalue weighted by Gasteiger charge is -2.46. The van der Waals surface area contributed by atoms with E-state index in [4.69, 9.17) is 13.9 Å². The maximum absolute atomic E-state index is 11.4. The molecule has 0 aromatic rings. The Morgan fingerprint density at radius 1 is 1.28 bits per heavy atom. The zero-order valence-electron chi connectivity index (χ0n) is 17.5. The van der Waals surface area contributed by atoms with E-state index < -0.39 is 26.0 Å². The maximum Gasteiger partial charge on any atom is 0.308 e. The Morgan fingerprint density at radius 2 is 1.84 bits per heavy atom. The van der Waals surface area contributed by atoms with E-state index in [1.165, 1.54) is 0 Å². The minimum atomic E-state index is -1.73. The van der Waals surface area contributed by atoms with E-state index in [2.05, 4.69) is 33.9 Å². The summed E-state index contributed by atoms with van der Waals surface area (Å²) >= 11 is 0. The molecule has 0 amide bonds. The number of hydrogen-bond acceptors (Lipinski definition) is 4. The number of carbonyl (C=O) groups is 1. The molecule has 0 spiro atoms. The lowest BCUT2D eigenvalue weighted by Crippen LogP contribution is -2.53. The number of hydrogen-bond donors (Lipinski definition) is 1. The van der Waals surface area contributed by atoms with Crippen LogP contribution in [0.3, 0.4) is 0 Å². The molecule has 0 bridgehead atoms. The van der Waals surface area contributed by atoms with Crippen molar-refractivity contribution >= 4 is 14.3 Å². The summed E-state index contributed by atoms with van der Waals surface area (Å²) in [4.78, 5) is 11.4. The molecule has 6 heteroatoms. The Bertz CT molecular complexity index is 455. The fourth-order valence-electron chi connectivity index (χ4n) is 2.99. The number of carboxylic acids is 1. The quantitative estimate of drug-likeness (QED) is 0.518. The van der Waals surface area contributed by atoms with Crippen molar-refractivity contribution in [2.45, 2.75) is 97.4 Å². The van der Waals surface area contributed by atoms with E-state index >= 15 is 0 Å². The Balaban J connectivity index is 2.63. The molecule has 1 aliphatic rings. The lowest BCUT2D eigenvalue weighted by atomic mass is 9.85. The van der Waals surface area contributed by atoms with Crippen molar-refractivity contribution in [1.29, 1.82) is 0 Å². The molecule has 1 N–H and O–H groups in total. The Morgan fingerprint density at radius 3 is 2.32 bits per heavy atom. The first-order valence-corrected chi connectivity index (χ1v) is 12.3. The van der Waals surface area contributed by atoms with Crippen molar-refractivity contribution in [3.05, 3.63) is 0 Å². The highest BCUT2D eigenvalue weighted by Gasteiger charge is 2.44. The molecular weight excluding hydrogens is 336 g/mol. The molecule has 1 heterocycles. The molecule has 0 radical (unpaired) electrons. The molecule has 0 unspecified atom stereocenters. The van der Waals surface area contributed by atoms with Crippen LogP contribution in [0.25, 0.3) is 0 Å². The van der Waals surface area contributed by atoms with Crippen molar-refractivity contribution in [3.8, 4) is 0 Å². The number of ether oxygens (including phenoxy) is 2. The Hall–Kier alpha value is -0.433. The predicted octanol–water partition coefficient (Wildman–Crippen LogP) is 4.67. The first kappa shape index (κ1) is 22.6. The van der Waals surface area contributed by atoms with Gasteiger partial charge in [-0.3, -0.25) is 4.79 Å². The third-order valence-corrected chi connectivity index (χ3v) is 10.3. The molecule has 1 aliphatic heterocycles. The second-order valence-corrected chi connectivity index (χ2v) is 14.2. The van der Waals surface area contributed by atoms with Gasteiger partial charge in [0.25, 0.3) is 0 Å². The summed E-state index contributed by atoms with van der Waals surface area (Å²) in [5.74, 6) is -2.10.